The van der Waals surface area contributed by atoms with Gasteiger partial charge in [0.2, 0.25) is 0 Å². The minimum absolute atomic E-state index is 0.446. The third-order valence-electron chi connectivity index (χ3n) is 4.37. The first-order chi connectivity index (χ1) is 14.1. The summed E-state index contributed by atoms with van der Waals surface area (Å²) in [7, 11) is 1.76. The fraction of sp³-hybridized carbons (Fsp3) is 0.429. The van der Waals surface area contributed by atoms with Crippen LogP contribution in [0.5, 0.6) is 0 Å². The maximum Gasteiger partial charge on any atom is 0.257 e. The number of aliphatic imine (C=N–C) groups is 1. The van der Waals surface area contributed by atoms with E-state index in [1.54, 1.807) is 18.4 Å². The van der Waals surface area contributed by atoms with Gasteiger partial charge in [-0.3, -0.25) is 4.99 Å². The summed E-state index contributed by atoms with van der Waals surface area (Å²) in [4.78, 5) is 13.4. The molecular weight excluding hydrogens is 384 g/mol. The van der Waals surface area contributed by atoms with E-state index in [4.69, 9.17) is 4.52 Å². The van der Waals surface area contributed by atoms with Gasteiger partial charge in [-0.05, 0) is 30.0 Å². The second-order valence-corrected chi connectivity index (χ2v) is 8.01. The molecule has 2 aromatic heterocycles. The van der Waals surface area contributed by atoms with Gasteiger partial charge in [-0.25, -0.2) is 4.98 Å². The summed E-state index contributed by atoms with van der Waals surface area (Å²) in [5, 5.41) is 13.9. The van der Waals surface area contributed by atoms with Crippen molar-refractivity contribution in [2.75, 3.05) is 7.05 Å². The molecule has 1 aromatic carbocycles. The van der Waals surface area contributed by atoms with Crippen LogP contribution in [0.1, 0.15) is 55.2 Å². The van der Waals surface area contributed by atoms with Crippen LogP contribution in [0.15, 0.2) is 39.2 Å². The van der Waals surface area contributed by atoms with Gasteiger partial charge in [-0.2, -0.15) is 4.98 Å². The van der Waals surface area contributed by atoms with Crippen molar-refractivity contribution in [1.29, 1.82) is 0 Å². The lowest BCUT2D eigenvalue weighted by atomic mass is 10.1. The highest BCUT2D eigenvalue weighted by atomic mass is 32.1. The lowest BCUT2D eigenvalue weighted by Gasteiger charge is -2.11. The fourth-order valence-electron chi connectivity index (χ4n) is 2.75. The zero-order valence-electron chi connectivity index (χ0n) is 17.4. The van der Waals surface area contributed by atoms with Gasteiger partial charge < -0.3 is 15.2 Å². The number of hydrogen-bond acceptors (Lipinski definition) is 6. The van der Waals surface area contributed by atoms with Crippen molar-refractivity contribution in [3.8, 4) is 11.5 Å². The summed E-state index contributed by atoms with van der Waals surface area (Å²) in [6.45, 7) is 7.69. The Balaban J connectivity index is 1.56. The van der Waals surface area contributed by atoms with E-state index in [0.29, 0.717) is 24.9 Å². The van der Waals surface area contributed by atoms with E-state index in [1.165, 1.54) is 0 Å². The molecule has 3 rings (SSSR count). The normalized spacial score (nSPS) is 11.8. The number of benzene rings is 1. The molecule has 0 amide bonds. The van der Waals surface area contributed by atoms with Gasteiger partial charge in [0, 0.05) is 31.0 Å². The Kier molecular flexibility index (Phi) is 7.35. The maximum atomic E-state index is 5.39. The first-order valence-corrected chi connectivity index (χ1v) is 10.8. The third-order valence-corrected chi connectivity index (χ3v) is 5.23. The Morgan fingerprint density at radius 1 is 1.21 bits per heavy atom. The molecule has 29 heavy (non-hydrogen) atoms. The number of nitrogens with one attached hydrogen (secondary N) is 2. The molecule has 7 nitrogen and oxygen atoms in total. The predicted molar refractivity (Wildman–Crippen MR) is 117 cm³/mol. The molecule has 0 saturated heterocycles. The molecule has 0 bridgehead atoms. The minimum Gasteiger partial charge on any atom is -0.352 e. The molecule has 0 atom stereocenters. The van der Waals surface area contributed by atoms with Crippen molar-refractivity contribution < 1.29 is 4.52 Å². The highest BCUT2D eigenvalue weighted by molar-refractivity contribution is 7.09. The first-order valence-electron chi connectivity index (χ1n) is 9.89. The molecule has 0 aliphatic rings. The van der Waals surface area contributed by atoms with Crippen LogP contribution in [0.25, 0.3) is 11.5 Å². The summed E-state index contributed by atoms with van der Waals surface area (Å²) < 4.78 is 5.39. The zero-order chi connectivity index (χ0) is 20.6. The number of guanidine groups is 1. The molecule has 0 unspecified atom stereocenters. The van der Waals surface area contributed by atoms with Crippen molar-refractivity contribution in [3.05, 3.63) is 51.7 Å². The minimum atomic E-state index is 0.446. The van der Waals surface area contributed by atoms with Crippen molar-refractivity contribution in [2.24, 2.45) is 4.99 Å². The average Bonchev–Trinajstić information content (AvgIpc) is 3.38. The van der Waals surface area contributed by atoms with Crippen LogP contribution in [0.2, 0.25) is 0 Å². The molecular formula is C21H28N6OS. The van der Waals surface area contributed by atoms with Crippen LogP contribution >= 0.6 is 11.3 Å². The Bertz CT molecular complexity index is 946. The molecule has 0 aliphatic heterocycles. The molecule has 0 radical (unpaired) electrons. The van der Waals surface area contributed by atoms with E-state index in [-0.39, 0.29) is 0 Å². The molecule has 2 heterocycles. The smallest absolute Gasteiger partial charge is 0.257 e. The van der Waals surface area contributed by atoms with E-state index >= 15 is 0 Å². The molecule has 8 heteroatoms. The number of aryl methyl sites for hydroxylation is 1. The predicted octanol–water partition coefficient (Wildman–Crippen LogP) is 4.13. The van der Waals surface area contributed by atoms with Crippen LogP contribution in [-0.4, -0.2) is 28.1 Å². The summed E-state index contributed by atoms with van der Waals surface area (Å²) in [5.74, 6) is 2.49. The van der Waals surface area contributed by atoms with Crippen molar-refractivity contribution in [3.63, 3.8) is 0 Å². The van der Waals surface area contributed by atoms with Gasteiger partial charge in [0.15, 0.2) is 11.8 Å². The molecule has 0 saturated carbocycles. The van der Waals surface area contributed by atoms with E-state index in [1.807, 2.05) is 12.1 Å². The quantitative estimate of drug-likeness (QED) is 0.427. The van der Waals surface area contributed by atoms with Gasteiger partial charge in [-0.1, -0.05) is 38.1 Å². The Hall–Kier alpha value is -2.74. The molecule has 0 fully saturated rings. The molecule has 2 N–H and O–H groups in total. The van der Waals surface area contributed by atoms with Crippen molar-refractivity contribution in [2.45, 2.75) is 52.6 Å². The maximum absolute atomic E-state index is 5.39. The highest BCUT2D eigenvalue weighted by Gasteiger charge is 2.10. The molecule has 154 valence electrons. The Morgan fingerprint density at radius 2 is 2.03 bits per heavy atom. The molecule has 0 aliphatic carbocycles. The number of thiazole rings is 1. The van der Waals surface area contributed by atoms with Gasteiger partial charge in [0.1, 0.15) is 5.01 Å². The van der Waals surface area contributed by atoms with Gasteiger partial charge in [0.25, 0.3) is 5.89 Å². The van der Waals surface area contributed by atoms with E-state index < -0.39 is 0 Å². The van der Waals surface area contributed by atoms with Gasteiger partial charge >= 0.3 is 0 Å². The fourth-order valence-corrected chi connectivity index (χ4v) is 3.64. The van der Waals surface area contributed by atoms with Crippen LogP contribution in [0.3, 0.4) is 0 Å². The zero-order valence-corrected chi connectivity index (χ0v) is 18.2. The number of rotatable bonds is 8. The number of aromatic nitrogens is 3. The first kappa shape index (κ1) is 21.0. The van der Waals surface area contributed by atoms with E-state index in [2.05, 4.69) is 69.0 Å². The number of hydrogen-bond donors (Lipinski definition) is 2. The third kappa shape index (κ3) is 5.87. The van der Waals surface area contributed by atoms with E-state index in [0.717, 1.165) is 46.5 Å². The lowest BCUT2D eigenvalue weighted by Crippen LogP contribution is -2.36. The standard InChI is InChI=1S/C21H28N6OS/c1-5-7-18-26-20(28-27-18)16-9-6-8-15(10-16)11-23-21(22-4)24-12-19-25-17(13-29-19)14(2)3/h6,8-10,13-14H,5,7,11-12H2,1-4H3,(H2,22,23,24). The second kappa shape index (κ2) is 10.2. The second-order valence-electron chi connectivity index (χ2n) is 7.07. The van der Waals surface area contributed by atoms with Crippen LogP contribution in [0.4, 0.5) is 0 Å². The number of nitrogens with zero attached hydrogens (tertiary/aromatic N) is 4. The van der Waals surface area contributed by atoms with Crippen LogP contribution in [-0.2, 0) is 19.5 Å². The summed E-state index contributed by atoms with van der Waals surface area (Å²) >= 11 is 1.67. The molecule has 0 spiro atoms. The van der Waals surface area contributed by atoms with Crippen LogP contribution < -0.4 is 10.6 Å². The van der Waals surface area contributed by atoms with Crippen LogP contribution in [0, 0.1) is 0 Å². The van der Waals surface area contributed by atoms with Gasteiger partial charge in [-0.15, -0.1) is 11.3 Å². The van der Waals surface area contributed by atoms with Gasteiger partial charge in [0.05, 0.1) is 12.2 Å². The monoisotopic (exact) mass is 412 g/mol. The lowest BCUT2D eigenvalue weighted by molar-refractivity contribution is 0.422. The SMILES string of the molecule is CCCc1noc(-c2cccc(CNC(=NC)NCc3nc(C(C)C)cs3)c2)n1. The largest absolute Gasteiger partial charge is 0.352 e. The Labute approximate surface area is 175 Å². The summed E-state index contributed by atoms with van der Waals surface area (Å²) in [6.07, 6.45) is 1.82. The van der Waals surface area contributed by atoms with Crippen molar-refractivity contribution >= 4 is 17.3 Å². The Morgan fingerprint density at radius 3 is 2.76 bits per heavy atom. The molecule has 3 aromatic rings. The summed E-state index contributed by atoms with van der Waals surface area (Å²) in [5.41, 5.74) is 3.16. The average molecular weight is 413 g/mol. The highest BCUT2D eigenvalue weighted by Crippen LogP contribution is 2.19. The topological polar surface area (TPSA) is 88.2 Å². The summed E-state index contributed by atoms with van der Waals surface area (Å²) in [6, 6.07) is 8.09. The van der Waals surface area contributed by atoms with Crippen molar-refractivity contribution in [1.82, 2.24) is 25.8 Å². The van der Waals surface area contributed by atoms with E-state index in [9.17, 15) is 0 Å².